The first-order valence-electron chi connectivity index (χ1n) is 14.7. The third-order valence-electron chi connectivity index (χ3n) is 7.51. The average Bonchev–Trinajstić information content (AvgIpc) is 3.03. The van der Waals surface area contributed by atoms with Gasteiger partial charge in [0.15, 0.2) is 0 Å². The number of ether oxygens (including phenoxy) is 3. The number of hydrogen-bond donors (Lipinski definition) is 0. The van der Waals surface area contributed by atoms with Gasteiger partial charge < -0.3 is 19.1 Å². The van der Waals surface area contributed by atoms with Crippen LogP contribution in [0.2, 0.25) is 0 Å². The number of esters is 2. The molecule has 6 nitrogen and oxygen atoms in total. The molecule has 0 radical (unpaired) electrons. The van der Waals surface area contributed by atoms with E-state index in [4.69, 9.17) is 14.2 Å². The zero-order valence-corrected chi connectivity index (χ0v) is 25.6. The average molecular weight is 590 g/mol. The monoisotopic (exact) mass is 589 g/mol. The van der Waals surface area contributed by atoms with Gasteiger partial charge in [0.25, 0.3) is 0 Å². The molecule has 0 bridgehead atoms. The van der Waals surface area contributed by atoms with Crippen molar-refractivity contribution in [3.8, 4) is 11.5 Å². The summed E-state index contributed by atoms with van der Waals surface area (Å²) in [6.07, 6.45) is 3.46. The van der Waals surface area contributed by atoms with Crippen molar-refractivity contribution in [1.82, 2.24) is 0 Å². The smallest absolute Gasteiger partial charge is 0.330 e. The van der Waals surface area contributed by atoms with Crippen LogP contribution >= 0.6 is 0 Å². The lowest BCUT2D eigenvalue weighted by molar-refractivity contribution is -0.138. The molecule has 4 rings (SSSR count). The summed E-state index contributed by atoms with van der Waals surface area (Å²) < 4.78 is 16.6. The quantitative estimate of drug-likeness (QED) is 0.108. The third kappa shape index (κ3) is 8.48. The summed E-state index contributed by atoms with van der Waals surface area (Å²) in [5, 5.41) is 0. The van der Waals surface area contributed by atoms with Crippen molar-refractivity contribution >= 4 is 29.0 Å². The molecule has 0 aliphatic rings. The van der Waals surface area contributed by atoms with Gasteiger partial charge in [-0.3, -0.25) is 0 Å². The number of rotatable bonds is 14. The summed E-state index contributed by atoms with van der Waals surface area (Å²) in [5.41, 5.74) is 7.64. The van der Waals surface area contributed by atoms with Crippen molar-refractivity contribution in [2.24, 2.45) is 0 Å². The Labute approximate surface area is 260 Å². The molecule has 44 heavy (non-hydrogen) atoms. The maximum atomic E-state index is 11.6. The molecule has 0 aromatic heterocycles. The Kier molecular flexibility index (Phi) is 11.1. The largest absolute Gasteiger partial charge is 0.463 e. The van der Waals surface area contributed by atoms with Crippen molar-refractivity contribution in [2.75, 3.05) is 18.1 Å². The van der Waals surface area contributed by atoms with Gasteiger partial charge in [-0.05, 0) is 116 Å². The summed E-state index contributed by atoms with van der Waals surface area (Å²) in [7, 11) is 0. The van der Waals surface area contributed by atoms with Gasteiger partial charge in [-0.15, -0.1) is 0 Å². The summed E-state index contributed by atoms with van der Waals surface area (Å²) in [6, 6.07) is 30.6. The van der Waals surface area contributed by atoms with Crippen LogP contribution in [0.3, 0.4) is 0 Å². The van der Waals surface area contributed by atoms with Crippen LogP contribution in [0.4, 0.5) is 17.1 Å². The van der Waals surface area contributed by atoms with E-state index in [-0.39, 0.29) is 19.1 Å². The molecular formula is C38H39NO5. The second-order valence-electron chi connectivity index (χ2n) is 10.6. The second kappa shape index (κ2) is 15.4. The number of anilines is 3. The predicted molar refractivity (Wildman–Crippen MR) is 176 cm³/mol. The number of hydrogen-bond acceptors (Lipinski definition) is 6. The molecule has 0 aliphatic carbocycles. The molecule has 4 aromatic carbocycles. The van der Waals surface area contributed by atoms with E-state index in [9.17, 15) is 9.59 Å². The van der Waals surface area contributed by atoms with E-state index in [2.05, 4.69) is 87.4 Å². The second-order valence-corrected chi connectivity index (χ2v) is 10.6. The van der Waals surface area contributed by atoms with Crippen LogP contribution in [-0.2, 0) is 19.1 Å². The van der Waals surface area contributed by atoms with Crippen LogP contribution in [0.15, 0.2) is 116 Å². The third-order valence-corrected chi connectivity index (χ3v) is 7.51. The Balaban J connectivity index is 1.66. The zero-order valence-electron chi connectivity index (χ0n) is 25.6. The van der Waals surface area contributed by atoms with E-state index in [1.54, 1.807) is 0 Å². The normalized spacial score (nSPS) is 10.6. The maximum Gasteiger partial charge on any atom is 0.330 e. The maximum absolute atomic E-state index is 11.6. The highest BCUT2D eigenvalue weighted by Gasteiger charge is 2.19. The molecule has 0 atom stereocenters. The number of carbonyl (C=O) groups excluding carboxylic acids is 2. The minimum absolute atomic E-state index is 0.00229. The minimum atomic E-state index is -0.461. The zero-order chi connectivity index (χ0) is 31.5. The lowest BCUT2D eigenvalue weighted by Crippen LogP contribution is -2.14. The SMILES string of the molecule is C=CC(=O)OCCC(CCOC(=O)C=C)c1ccc(N(c2ccc(Oc3ccccc3)cc2)c2ccc(C)c(C)c2)c(C)c1. The molecule has 226 valence electrons. The van der Waals surface area contributed by atoms with Gasteiger partial charge in [0.05, 0.1) is 13.2 Å². The van der Waals surface area contributed by atoms with Crippen molar-refractivity contribution in [3.05, 3.63) is 139 Å². The number of aryl methyl sites for hydroxylation is 3. The van der Waals surface area contributed by atoms with Gasteiger partial charge in [-0.1, -0.05) is 49.6 Å². The fraction of sp³-hybridized carbons (Fsp3) is 0.211. The van der Waals surface area contributed by atoms with E-state index >= 15 is 0 Å². The molecule has 0 heterocycles. The van der Waals surface area contributed by atoms with Crippen molar-refractivity contribution in [2.45, 2.75) is 39.5 Å². The fourth-order valence-electron chi connectivity index (χ4n) is 4.96. The van der Waals surface area contributed by atoms with Gasteiger partial charge in [0.2, 0.25) is 0 Å². The van der Waals surface area contributed by atoms with Gasteiger partial charge in [-0.2, -0.15) is 0 Å². The van der Waals surface area contributed by atoms with Crippen LogP contribution in [0, 0.1) is 20.8 Å². The van der Waals surface area contributed by atoms with E-state index in [0.717, 1.165) is 51.8 Å². The molecular weight excluding hydrogens is 550 g/mol. The van der Waals surface area contributed by atoms with Crippen LogP contribution < -0.4 is 9.64 Å². The Morgan fingerprint density at radius 3 is 1.84 bits per heavy atom. The van der Waals surface area contributed by atoms with Gasteiger partial charge in [0.1, 0.15) is 11.5 Å². The molecule has 0 saturated heterocycles. The first kappa shape index (κ1) is 31.8. The molecule has 0 spiro atoms. The van der Waals surface area contributed by atoms with Crippen molar-refractivity contribution in [3.63, 3.8) is 0 Å². The fourth-order valence-corrected chi connectivity index (χ4v) is 4.96. The Morgan fingerprint density at radius 1 is 0.682 bits per heavy atom. The molecule has 0 aliphatic heterocycles. The highest BCUT2D eigenvalue weighted by atomic mass is 16.5. The van der Waals surface area contributed by atoms with Crippen LogP contribution in [-0.4, -0.2) is 25.2 Å². The highest BCUT2D eigenvalue weighted by Crippen LogP contribution is 2.39. The molecule has 0 amide bonds. The molecule has 0 N–H and O–H groups in total. The lowest BCUT2D eigenvalue weighted by atomic mass is 9.91. The molecule has 0 unspecified atom stereocenters. The standard InChI is InChI=1S/C38H39NO5/c1-6-37(40)42-23-21-30(22-24-43-38(41)7-2)31-14-20-36(29(5)25-31)39(33-15-13-27(3)28(4)26-33)32-16-18-35(19-17-32)44-34-11-9-8-10-12-34/h6-20,25-26,30H,1-2,21-24H2,3-5H3. The van der Waals surface area contributed by atoms with Gasteiger partial charge in [0, 0.05) is 29.2 Å². The Bertz CT molecular complexity index is 1570. The summed E-state index contributed by atoms with van der Waals surface area (Å²) in [5.74, 6) is 0.618. The molecule has 0 saturated carbocycles. The van der Waals surface area contributed by atoms with Crippen LogP contribution in [0.5, 0.6) is 11.5 Å². The first-order chi connectivity index (χ1) is 21.3. The van der Waals surface area contributed by atoms with E-state index < -0.39 is 11.9 Å². The molecule has 0 fully saturated rings. The van der Waals surface area contributed by atoms with Crippen molar-refractivity contribution in [1.29, 1.82) is 0 Å². The number of para-hydroxylation sites is 1. The summed E-state index contributed by atoms with van der Waals surface area (Å²) >= 11 is 0. The number of carbonyl (C=O) groups is 2. The number of nitrogens with zero attached hydrogens (tertiary/aromatic N) is 1. The van der Waals surface area contributed by atoms with E-state index in [1.165, 1.54) is 11.1 Å². The van der Waals surface area contributed by atoms with Gasteiger partial charge >= 0.3 is 11.9 Å². The van der Waals surface area contributed by atoms with Crippen molar-refractivity contribution < 1.29 is 23.8 Å². The lowest BCUT2D eigenvalue weighted by Gasteiger charge is -2.29. The molecule has 6 heteroatoms. The van der Waals surface area contributed by atoms with Crippen LogP contribution in [0.1, 0.15) is 41.0 Å². The minimum Gasteiger partial charge on any atom is -0.463 e. The van der Waals surface area contributed by atoms with Gasteiger partial charge in [-0.25, -0.2) is 9.59 Å². The topological polar surface area (TPSA) is 65.1 Å². The first-order valence-corrected chi connectivity index (χ1v) is 14.7. The summed E-state index contributed by atoms with van der Waals surface area (Å²) in [4.78, 5) is 25.5. The Morgan fingerprint density at radius 2 is 1.27 bits per heavy atom. The Hall–Kier alpha value is -5.10. The number of benzene rings is 4. The van der Waals surface area contributed by atoms with E-state index in [1.807, 2.05) is 42.5 Å². The predicted octanol–water partition coefficient (Wildman–Crippen LogP) is 9.20. The van der Waals surface area contributed by atoms with Crippen LogP contribution in [0.25, 0.3) is 0 Å². The van der Waals surface area contributed by atoms with E-state index in [0.29, 0.717) is 12.8 Å². The molecule has 4 aromatic rings. The summed E-state index contributed by atoms with van der Waals surface area (Å²) in [6.45, 7) is 13.7. The highest BCUT2D eigenvalue weighted by molar-refractivity contribution is 5.81.